The molecular weight excluding hydrogens is 538 g/mol. The summed E-state index contributed by atoms with van der Waals surface area (Å²) in [6.45, 7) is 6.79. The molecular formula is C36H45N3O4. The molecule has 0 amide bonds. The lowest BCUT2D eigenvalue weighted by atomic mass is 9.93. The molecule has 0 bridgehead atoms. The fourth-order valence-electron chi connectivity index (χ4n) is 6.05. The number of phenolic OH excluding ortho intramolecular Hbond substituents is 1. The topological polar surface area (TPSA) is 69.4 Å². The first-order chi connectivity index (χ1) is 20.9. The van der Waals surface area contributed by atoms with Crippen molar-refractivity contribution in [1.29, 1.82) is 0 Å². The molecule has 0 radical (unpaired) electrons. The molecule has 0 atom stereocenters. The van der Waals surface area contributed by atoms with E-state index in [0.717, 1.165) is 43.2 Å². The van der Waals surface area contributed by atoms with Crippen LogP contribution in [0.5, 0.6) is 11.5 Å². The second kappa shape index (κ2) is 14.6. The van der Waals surface area contributed by atoms with E-state index >= 15 is 0 Å². The molecule has 1 N–H and O–H groups in total. The number of ether oxygens (including phenoxy) is 1. The minimum atomic E-state index is -0.176. The Bertz CT molecular complexity index is 1510. The average Bonchev–Trinajstić information content (AvgIpc) is 3.03. The fourth-order valence-corrected chi connectivity index (χ4v) is 6.05. The van der Waals surface area contributed by atoms with Gasteiger partial charge in [-0.2, -0.15) is 0 Å². The number of piperidine rings is 1. The summed E-state index contributed by atoms with van der Waals surface area (Å²) < 4.78 is 11.3. The Balaban J connectivity index is 1.03. The molecule has 0 saturated carbocycles. The predicted octanol–water partition coefficient (Wildman–Crippen LogP) is 6.62. The number of hydrogen-bond acceptors (Lipinski definition) is 7. The van der Waals surface area contributed by atoms with Crippen LogP contribution >= 0.6 is 0 Å². The van der Waals surface area contributed by atoms with Gasteiger partial charge in [0, 0.05) is 37.5 Å². The van der Waals surface area contributed by atoms with E-state index in [0.29, 0.717) is 11.1 Å². The maximum Gasteiger partial charge on any atom is 0.204 e. The third-order valence-electron chi connectivity index (χ3n) is 8.79. The van der Waals surface area contributed by atoms with Crippen molar-refractivity contribution in [3.05, 3.63) is 88.6 Å². The zero-order valence-electron chi connectivity index (χ0n) is 25.8. The van der Waals surface area contributed by atoms with Crippen LogP contribution in [-0.2, 0) is 6.54 Å². The molecule has 228 valence electrons. The molecule has 0 unspecified atom stereocenters. The number of fused-ring (bicyclic) bond motifs is 1. The SMILES string of the molecule is COc1c(O)ccc2c(=O)cc(-c3ccc(N(C)CCCCN(C)CCC4CCN(Cc5ccccc5)CC4)cc3)oc12. The van der Waals surface area contributed by atoms with Crippen molar-refractivity contribution in [2.45, 2.75) is 38.6 Å². The first kappa shape index (κ1) is 30.6. The van der Waals surface area contributed by atoms with E-state index in [-0.39, 0.29) is 22.5 Å². The highest BCUT2D eigenvalue weighted by atomic mass is 16.5. The Morgan fingerprint density at radius 1 is 0.930 bits per heavy atom. The number of rotatable bonds is 13. The molecule has 1 aromatic heterocycles. The van der Waals surface area contributed by atoms with E-state index in [4.69, 9.17) is 9.15 Å². The number of anilines is 1. The summed E-state index contributed by atoms with van der Waals surface area (Å²) in [6.07, 6.45) is 6.23. The third kappa shape index (κ3) is 7.98. The second-order valence-corrected chi connectivity index (χ2v) is 11.9. The van der Waals surface area contributed by atoms with E-state index in [1.807, 2.05) is 12.1 Å². The number of likely N-dealkylation sites (tertiary alicyclic amines) is 1. The van der Waals surface area contributed by atoms with E-state index in [1.165, 1.54) is 70.1 Å². The van der Waals surface area contributed by atoms with Gasteiger partial charge in [0.1, 0.15) is 5.76 Å². The van der Waals surface area contributed by atoms with Crippen LogP contribution in [0.3, 0.4) is 0 Å². The van der Waals surface area contributed by atoms with Crippen LogP contribution in [0.4, 0.5) is 5.69 Å². The Kier molecular flexibility index (Phi) is 10.4. The molecule has 1 saturated heterocycles. The van der Waals surface area contributed by atoms with Gasteiger partial charge in [0.05, 0.1) is 12.5 Å². The summed E-state index contributed by atoms with van der Waals surface area (Å²) in [6, 6.07) is 23.3. The van der Waals surface area contributed by atoms with Gasteiger partial charge < -0.3 is 24.1 Å². The molecule has 4 aromatic rings. The Morgan fingerprint density at radius 3 is 2.37 bits per heavy atom. The van der Waals surface area contributed by atoms with Crippen LogP contribution in [0.1, 0.15) is 37.7 Å². The van der Waals surface area contributed by atoms with Gasteiger partial charge in [-0.3, -0.25) is 9.69 Å². The minimum absolute atomic E-state index is 0.0612. The largest absolute Gasteiger partial charge is 0.504 e. The standard InChI is InChI=1S/C36H45N3O4/c1-37(22-17-27-18-23-39(24-19-27)26-28-9-5-4-6-10-28)20-7-8-21-38(2)30-13-11-29(12-14-30)34-25-33(41)31-15-16-32(40)36(42-3)35(31)43-34/h4-6,9-16,25,27,40H,7-8,17-24,26H2,1-3H3. The smallest absolute Gasteiger partial charge is 0.204 e. The Hall–Kier alpha value is -3.81. The molecule has 1 fully saturated rings. The average molecular weight is 584 g/mol. The van der Waals surface area contributed by atoms with E-state index in [2.05, 4.69) is 71.3 Å². The van der Waals surface area contributed by atoms with Crippen molar-refractivity contribution < 1.29 is 14.3 Å². The number of nitrogens with zero attached hydrogens (tertiary/aromatic N) is 3. The van der Waals surface area contributed by atoms with Crippen molar-refractivity contribution in [2.75, 3.05) is 58.8 Å². The van der Waals surface area contributed by atoms with E-state index in [9.17, 15) is 9.90 Å². The molecule has 3 aromatic carbocycles. The van der Waals surface area contributed by atoms with Crippen molar-refractivity contribution in [3.63, 3.8) is 0 Å². The monoisotopic (exact) mass is 583 g/mol. The number of aromatic hydroxyl groups is 1. The second-order valence-electron chi connectivity index (χ2n) is 11.9. The third-order valence-corrected chi connectivity index (χ3v) is 8.79. The lowest BCUT2D eigenvalue weighted by Gasteiger charge is -2.32. The number of hydrogen-bond donors (Lipinski definition) is 1. The van der Waals surface area contributed by atoms with Gasteiger partial charge in [0.2, 0.25) is 5.75 Å². The number of benzene rings is 3. The van der Waals surface area contributed by atoms with Gasteiger partial charge in [-0.1, -0.05) is 30.3 Å². The fraction of sp³-hybridized carbons (Fsp3) is 0.417. The normalized spacial score (nSPS) is 14.4. The Morgan fingerprint density at radius 2 is 1.65 bits per heavy atom. The minimum Gasteiger partial charge on any atom is -0.504 e. The van der Waals surface area contributed by atoms with Crippen molar-refractivity contribution >= 4 is 16.7 Å². The first-order valence-corrected chi connectivity index (χ1v) is 15.5. The number of unbranched alkanes of at least 4 members (excludes halogenated alkanes) is 1. The van der Waals surface area contributed by atoms with Gasteiger partial charge in [0.25, 0.3) is 0 Å². The molecule has 0 spiro atoms. The summed E-state index contributed by atoms with van der Waals surface area (Å²) in [4.78, 5) is 20.1. The van der Waals surface area contributed by atoms with Crippen LogP contribution in [0.2, 0.25) is 0 Å². The lowest BCUT2D eigenvalue weighted by Crippen LogP contribution is -2.34. The van der Waals surface area contributed by atoms with Crippen molar-refractivity contribution in [3.8, 4) is 22.8 Å². The zero-order chi connectivity index (χ0) is 30.2. The summed E-state index contributed by atoms with van der Waals surface area (Å²) in [5, 5.41) is 10.5. The van der Waals surface area contributed by atoms with Crippen LogP contribution in [0, 0.1) is 5.92 Å². The van der Waals surface area contributed by atoms with Gasteiger partial charge in [0.15, 0.2) is 16.8 Å². The summed E-state index contributed by atoms with van der Waals surface area (Å²) in [5.41, 5.74) is 3.41. The quantitative estimate of drug-likeness (QED) is 0.177. The molecule has 5 rings (SSSR count). The van der Waals surface area contributed by atoms with Crippen LogP contribution in [0.15, 0.2) is 82.0 Å². The molecule has 2 heterocycles. The molecule has 0 aliphatic carbocycles. The maximum atomic E-state index is 12.7. The highest BCUT2D eigenvalue weighted by Crippen LogP contribution is 2.35. The summed E-state index contributed by atoms with van der Waals surface area (Å²) in [7, 11) is 5.82. The van der Waals surface area contributed by atoms with Crippen molar-refractivity contribution in [1.82, 2.24) is 9.80 Å². The number of phenols is 1. The molecule has 1 aliphatic rings. The van der Waals surface area contributed by atoms with Gasteiger partial charge >= 0.3 is 0 Å². The predicted molar refractivity (Wildman–Crippen MR) is 175 cm³/mol. The van der Waals surface area contributed by atoms with E-state index < -0.39 is 0 Å². The van der Waals surface area contributed by atoms with Gasteiger partial charge in [-0.15, -0.1) is 0 Å². The zero-order valence-corrected chi connectivity index (χ0v) is 25.8. The molecule has 1 aliphatic heterocycles. The van der Waals surface area contributed by atoms with Crippen LogP contribution < -0.4 is 15.1 Å². The summed E-state index contributed by atoms with van der Waals surface area (Å²) in [5.74, 6) is 1.39. The molecule has 43 heavy (non-hydrogen) atoms. The maximum absolute atomic E-state index is 12.7. The lowest BCUT2D eigenvalue weighted by molar-refractivity contribution is 0.162. The van der Waals surface area contributed by atoms with Gasteiger partial charge in [-0.25, -0.2) is 0 Å². The van der Waals surface area contributed by atoms with Crippen LogP contribution in [0.25, 0.3) is 22.3 Å². The molecule has 7 nitrogen and oxygen atoms in total. The highest BCUT2D eigenvalue weighted by Gasteiger charge is 2.19. The highest BCUT2D eigenvalue weighted by molar-refractivity contribution is 5.86. The summed E-state index contributed by atoms with van der Waals surface area (Å²) >= 11 is 0. The van der Waals surface area contributed by atoms with Crippen LogP contribution in [-0.4, -0.2) is 68.8 Å². The van der Waals surface area contributed by atoms with Crippen molar-refractivity contribution in [2.24, 2.45) is 5.92 Å². The Labute approximate surface area is 255 Å². The van der Waals surface area contributed by atoms with Gasteiger partial charge in [-0.05, 0) is 113 Å². The molecule has 7 heteroatoms. The van der Waals surface area contributed by atoms with E-state index in [1.54, 1.807) is 6.07 Å². The first-order valence-electron chi connectivity index (χ1n) is 15.5. The number of methoxy groups -OCH3 is 1.